The van der Waals surface area contributed by atoms with Gasteiger partial charge in [0, 0.05) is 35.9 Å². The van der Waals surface area contributed by atoms with Gasteiger partial charge >= 0.3 is 0 Å². The van der Waals surface area contributed by atoms with E-state index in [1.54, 1.807) is 17.2 Å². The molecule has 1 saturated heterocycles. The summed E-state index contributed by atoms with van der Waals surface area (Å²) in [4.78, 5) is 44.4. The van der Waals surface area contributed by atoms with Crippen LogP contribution in [0.3, 0.4) is 0 Å². The summed E-state index contributed by atoms with van der Waals surface area (Å²) in [5, 5.41) is 15.2. The maximum absolute atomic E-state index is 13.5. The average Bonchev–Trinajstić information content (AvgIpc) is 3.02. The Kier molecular flexibility index (Phi) is 6.40. The lowest BCUT2D eigenvalue weighted by molar-refractivity contribution is -0.145. The van der Waals surface area contributed by atoms with Gasteiger partial charge in [-0.3, -0.25) is 19.4 Å². The molecule has 1 aliphatic heterocycles. The maximum Gasteiger partial charge on any atom is 0.246 e. The zero-order chi connectivity index (χ0) is 24.0. The van der Waals surface area contributed by atoms with E-state index in [9.17, 15) is 19.6 Å². The van der Waals surface area contributed by atoms with Gasteiger partial charge in [-0.25, -0.2) is 0 Å². The molecule has 3 rings (SSSR count). The van der Waals surface area contributed by atoms with Gasteiger partial charge in [-0.2, -0.15) is 5.26 Å². The molecule has 2 N–H and O–H groups in total. The van der Waals surface area contributed by atoms with Gasteiger partial charge in [0.25, 0.3) is 0 Å². The number of fused-ring (bicyclic) bond motifs is 1. The molecule has 2 aliphatic rings. The number of aromatic nitrogens is 1. The van der Waals surface area contributed by atoms with Gasteiger partial charge in [0.2, 0.25) is 17.7 Å². The fourth-order valence-electron chi connectivity index (χ4n) is 4.83. The lowest BCUT2D eigenvalue weighted by Gasteiger charge is -2.37. The second-order valence-corrected chi connectivity index (χ2v) is 11.3. The van der Waals surface area contributed by atoms with Crippen LogP contribution < -0.4 is 10.6 Å². The van der Waals surface area contributed by atoms with Crippen LogP contribution in [0.15, 0.2) is 22.9 Å². The minimum Gasteiger partial charge on any atom is -0.344 e. The summed E-state index contributed by atoms with van der Waals surface area (Å²) < 4.78 is 0.703. The number of hydrogen-bond donors (Lipinski definition) is 2. The molecule has 1 aromatic heterocycles. The molecular formula is C23H30BrN5O3. The number of hydrogen-bond acceptors (Lipinski definition) is 5. The molecule has 2 heterocycles. The molecule has 5 atom stereocenters. The maximum atomic E-state index is 13.5. The van der Waals surface area contributed by atoms with Crippen molar-refractivity contribution in [3.05, 3.63) is 28.5 Å². The first-order valence-corrected chi connectivity index (χ1v) is 11.5. The lowest BCUT2D eigenvalue weighted by atomic mass is 9.85. The number of nitrogens with zero attached hydrogens (tertiary/aromatic N) is 3. The zero-order valence-corrected chi connectivity index (χ0v) is 20.9. The summed E-state index contributed by atoms with van der Waals surface area (Å²) in [6.45, 7) is 11.7. The smallest absolute Gasteiger partial charge is 0.246 e. The normalized spacial score (nSPS) is 25.2. The van der Waals surface area contributed by atoms with Gasteiger partial charge in [-0.05, 0) is 44.7 Å². The minimum absolute atomic E-state index is 0.00405. The number of likely N-dealkylation sites (tertiary alicyclic amines) is 1. The van der Waals surface area contributed by atoms with Gasteiger partial charge in [0.15, 0.2) is 0 Å². The second kappa shape index (κ2) is 8.47. The molecule has 9 heteroatoms. The van der Waals surface area contributed by atoms with Crippen molar-refractivity contribution >= 4 is 33.7 Å². The van der Waals surface area contributed by atoms with Crippen LogP contribution in [0, 0.1) is 34.0 Å². The van der Waals surface area contributed by atoms with Gasteiger partial charge in [0.1, 0.15) is 18.1 Å². The number of halogens is 1. The molecule has 1 aromatic rings. The van der Waals surface area contributed by atoms with Crippen LogP contribution in [-0.4, -0.2) is 46.2 Å². The largest absolute Gasteiger partial charge is 0.344 e. The van der Waals surface area contributed by atoms with Crippen molar-refractivity contribution in [3.63, 3.8) is 0 Å². The lowest BCUT2D eigenvalue weighted by Crippen LogP contribution is -2.59. The van der Waals surface area contributed by atoms with Crippen LogP contribution in [0.1, 0.15) is 53.1 Å². The first-order valence-electron chi connectivity index (χ1n) is 10.7. The molecule has 0 aromatic carbocycles. The highest BCUT2D eigenvalue weighted by atomic mass is 79.9. The van der Waals surface area contributed by atoms with Crippen molar-refractivity contribution in [2.45, 2.75) is 59.7 Å². The number of pyridine rings is 1. The van der Waals surface area contributed by atoms with E-state index in [-0.39, 0.29) is 35.0 Å². The Labute approximate surface area is 197 Å². The standard InChI is InChI=1S/C23H30BrN5O3/c1-12(30)27-19(22(2,3)4)21(32)29-11-15-17(23(15,5)6)18(29)20(31)28-16(8-25)13-7-14(24)10-26-9-13/h7,9-10,15-19H,11H2,1-6H3,(H,27,30)(H,28,31)/t15-,16?,17-,18-,19+/m0/s1. The fraction of sp³-hybridized carbons (Fsp3) is 0.609. The molecule has 8 nitrogen and oxygen atoms in total. The highest BCUT2D eigenvalue weighted by molar-refractivity contribution is 9.10. The summed E-state index contributed by atoms with van der Waals surface area (Å²) in [5.74, 6) is -0.722. The van der Waals surface area contributed by atoms with Crippen LogP contribution in [0.5, 0.6) is 0 Å². The quantitative estimate of drug-likeness (QED) is 0.640. The van der Waals surface area contributed by atoms with E-state index in [0.717, 1.165) is 0 Å². The number of amides is 3. The van der Waals surface area contributed by atoms with E-state index >= 15 is 0 Å². The van der Waals surface area contributed by atoms with Crippen molar-refractivity contribution in [1.82, 2.24) is 20.5 Å². The van der Waals surface area contributed by atoms with Crippen LogP contribution in [0.4, 0.5) is 0 Å². The monoisotopic (exact) mass is 503 g/mol. The van der Waals surface area contributed by atoms with E-state index < -0.39 is 23.5 Å². The van der Waals surface area contributed by atoms with Gasteiger partial charge in [-0.15, -0.1) is 0 Å². The first kappa shape index (κ1) is 24.2. The number of piperidine rings is 1. The molecule has 3 amide bonds. The molecule has 0 radical (unpaired) electrons. The summed E-state index contributed by atoms with van der Waals surface area (Å²) in [6, 6.07) is 1.50. The van der Waals surface area contributed by atoms with Gasteiger partial charge in [0.05, 0.1) is 6.07 Å². The first-order chi connectivity index (χ1) is 14.8. The Morgan fingerprint density at radius 2 is 1.94 bits per heavy atom. The number of carbonyl (C=O) groups is 3. The van der Waals surface area contributed by atoms with Crippen molar-refractivity contribution in [3.8, 4) is 6.07 Å². The van der Waals surface area contributed by atoms with Crippen LogP contribution in [0.25, 0.3) is 0 Å². The third-order valence-electron chi connectivity index (χ3n) is 6.70. The molecule has 1 saturated carbocycles. The Morgan fingerprint density at radius 3 is 2.47 bits per heavy atom. The fourth-order valence-corrected chi connectivity index (χ4v) is 5.22. The van der Waals surface area contributed by atoms with E-state index in [1.807, 2.05) is 20.8 Å². The second-order valence-electron chi connectivity index (χ2n) is 10.4. The van der Waals surface area contributed by atoms with E-state index in [0.29, 0.717) is 16.6 Å². The molecule has 1 aliphatic carbocycles. The van der Waals surface area contributed by atoms with Gasteiger partial charge in [-0.1, -0.05) is 34.6 Å². The third-order valence-corrected chi connectivity index (χ3v) is 7.13. The molecule has 0 spiro atoms. The average molecular weight is 504 g/mol. The highest BCUT2D eigenvalue weighted by Crippen LogP contribution is 2.65. The molecule has 0 bridgehead atoms. The summed E-state index contributed by atoms with van der Waals surface area (Å²) in [5.41, 5.74) is -0.0317. The summed E-state index contributed by atoms with van der Waals surface area (Å²) in [6.07, 6.45) is 3.13. The highest BCUT2D eigenvalue weighted by Gasteiger charge is 2.69. The number of nitriles is 1. The Hall–Kier alpha value is -2.47. The van der Waals surface area contributed by atoms with E-state index in [4.69, 9.17) is 0 Å². The Balaban J connectivity index is 1.87. The predicted molar refractivity (Wildman–Crippen MR) is 122 cm³/mol. The van der Waals surface area contributed by atoms with Crippen LogP contribution in [0.2, 0.25) is 0 Å². The molecule has 1 unspecified atom stereocenters. The minimum atomic E-state index is -0.890. The summed E-state index contributed by atoms with van der Waals surface area (Å²) in [7, 11) is 0. The third kappa shape index (κ3) is 4.51. The van der Waals surface area contributed by atoms with E-state index in [2.05, 4.69) is 51.5 Å². The van der Waals surface area contributed by atoms with Crippen LogP contribution in [-0.2, 0) is 14.4 Å². The number of rotatable bonds is 5. The van der Waals surface area contributed by atoms with Gasteiger partial charge < -0.3 is 15.5 Å². The summed E-state index contributed by atoms with van der Waals surface area (Å²) >= 11 is 3.33. The van der Waals surface area contributed by atoms with E-state index in [1.165, 1.54) is 13.1 Å². The number of nitrogens with one attached hydrogen (secondary N) is 2. The predicted octanol–water partition coefficient (Wildman–Crippen LogP) is 2.56. The van der Waals surface area contributed by atoms with Crippen LogP contribution >= 0.6 is 15.9 Å². The van der Waals surface area contributed by atoms with Crippen molar-refractivity contribution in [2.24, 2.45) is 22.7 Å². The Bertz CT molecular complexity index is 981. The van der Waals surface area contributed by atoms with Crippen molar-refractivity contribution < 1.29 is 14.4 Å². The van der Waals surface area contributed by atoms with Crippen molar-refractivity contribution in [2.75, 3.05) is 6.54 Å². The van der Waals surface area contributed by atoms with Crippen molar-refractivity contribution in [1.29, 1.82) is 5.26 Å². The molecule has 32 heavy (non-hydrogen) atoms. The number of carbonyl (C=O) groups excluding carboxylic acids is 3. The topological polar surface area (TPSA) is 115 Å². The molecule has 172 valence electrons. The molecular weight excluding hydrogens is 474 g/mol. The Morgan fingerprint density at radius 1 is 1.28 bits per heavy atom. The molecule has 2 fully saturated rings. The zero-order valence-electron chi connectivity index (χ0n) is 19.3. The SMILES string of the molecule is CC(=O)N[C@H](C(=O)N1C[C@H]2[C@@H]([C@H]1C(=O)NC(C#N)c1cncc(Br)c1)C2(C)C)C(C)(C)C.